The second kappa shape index (κ2) is 8.21. The van der Waals surface area contributed by atoms with E-state index in [-0.39, 0.29) is 0 Å². The lowest BCUT2D eigenvalue weighted by Crippen LogP contribution is -2.47. The Bertz CT molecular complexity index is 907. The van der Waals surface area contributed by atoms with E-state index >= 15 is 0 Å². The van der Waals surface area contributed by atoms with E-state index in [1.165, 1.54) is 5.56 Å². The summed E-state index contributed by atoms with van der Waals surface area (Å²) in [6, 6.07) is 14.4. The molecule has 144 valence electrons. The third kappa shape index (κ3) is 3.88. The van der Waals surface area contributed by atoms with E-state index in [0.29, 0.717) is 5.95 Å². The molecular formula is C21H25N7. The highest BCUT2D eigenvalue weighted by atomic mass is 15.4. The van der Waals surface area contributed by atoms with Gasteiger partial charge in [0.05, 0.1) is 6.20 Å². The van der Waals surface area contributed by atoms with E-state index in [1.54, 1.807) is 6.20 Å². The third-order valence-electron chi connectivity index (χ3n) is 4.98. The topological polar surface area (TPSA) is 61.3 Å². The van der Waals surface area contributed by atoms with Gasteiger partial charge in [-0.3, -0.25) is 0 Å². The number of aryl methyl sites for hydroxylation is 1. The molecule has 1 aliphatic heterocycles. The van der Waals surface area contributed by atoms with E-state index in [9.17, 15) is 0 Å². The molecule has 0 spiro atoms. The van der Waals surface area contributed by atoms with Crippen molar-refractivity contribution in [1.82, 2.24) is 20.2 Å². The second-order valence-electron chi connectivity index (χ2n) is 6.86. The van der Waals surface area contributed by atoms with Gasteiger partial charge >= 0.3 is 0 Å². The molecule has 2 aromatic heterocycles. The lowest BCUT2D eigenvalue weighted by molar-refractivity contribution is 0.638. The predicted molar refractivity (Wildman–Crippen MR) is 112 cm³/mol. The molecule has 0 unspecified atom stereocenters. The highest BCUT2D eigenvalue weighted by Gasteiger charge is 2.21. The standard InChI is InChI=1S/C21H25N7/c1-3-28(18-8-6-7-17(2)15-18)21-24-20(16-23-25-21)27-13-11-26(12-14-27)19-9-4-5-10-22-19/h4-10,15-16H,3,11-14H2,1-2H3. The summed E-state index contributed by atoms with van der Waals surface area (Å²) in [6.07, 6.45) is 3.59. The van der Waals surface area contributed by atoms with Gasteiger partial charge in [-0.2, -0.15) is 10.1 Å². The van der Waals surface area contributed by atoms with Gasteiger partial charge in [0, 0.05) is 44.6 Å². The van der Waals surface area contributed by atoms with E-state index < -0.39 is 0 Å². The first-order valence-corrected chi connectivity index (χ1v) is 9.69. The molecule has 1 aromatic carbocycles. The largest absolute Gasteiger partial charge is 0.353 e. The second-order valence-corrected chi connectivity index (χ2v) is 6.86. The van der Waals surface area contributed by atoms with Gasteiger partial charge in [-0.1, -0.05) is 18.2 Å². The van der Waals surface area contributed by atoms with Gasteiger partial charge in [-0.25, -0.2) is 4.98 Å². The van der Waals surface area contributed by atoms with Crippen molar-refractivity contribution in [2.24, 2.45) is 0 Å². The fraction of sp³-hybridized carbons (Fsp3) is 0.333. The van der Waals surface area contributed by atoms with Crippen LogP contribution in [0.2, 0.25) is 0 Å². The van der Waals surface area contributed by atoms with Crippen molar-refractivity contribution in [2.75, 3.05) is 47.4 Å². The van der Waals surface area contributed by atoms with Crippen LogP contribution in [-0.4, -0.2) is 52.9 Å². The molecule has 7 heteroatoms. The van der Waals surface area contributed by atoms with Gasteiger partial charge in [-0.05, 0) is 43.7 Å². The molecule has 3 heterocycles. The number of benzene rings is 1. The fourth-order valence-corrected chi connectivity index (χ4v) is 3.49. The maximum absolute atomic E-state index is 4.82. The van der Waals surface area contributed by atoms with Gasteiger partial charge < -0.3 is 14.7 Å². The number of rotatable bonds is 5. The third-order valence-corrected chi connectivity index (χ3v) is 4.98. The Morgan fingerprint density at radius 2 is 1.75 bits per heavy atom. The summed E-state index contributed by atoms with van der Waals surface area (Å²) in [7, 11) is 0. The van der Waals surface area contributed by atoms with Gasteiger partial charge in [0.2, 0.25) is 0 Å². The molecule has 0 bridgehead atoms. The molecule has 0 amide bonds. The Morgan fingerprint density at radius 1 is 0.964 bits per heavy atom. The van der Waals surface area contributed by atoms with Crippen LogP contribution < -0.4 is 14.7 Å². The normalized spacial score (nSPS) is 14.2. The smallest absolute Gasteiger partial charge is 0.251 e. The minimum Gasteiger partial charge on any atom is -0.353 e. The summed E-state index contributed by atoms with van der Waals surface area (Å²) in [6.45, 7) is 8.55. The zero-order chi connectivity index (χ0) is 19.3. The minimum atomic E-state index is 0.637. The molecule has 7 nitrogen and oxygen atoms in total. The molecule has 3 aromatic rings. The molecular weight excluding hydrogens is 350 g/mol. The van der Waals surface area contributed by atoms with Crippen LogP contribution in [0.1, 0.15) is 12.5 Å². The summed E-state index contributed by atoms with van der Waals surface area (Å²) >= 11 is 0. The molecule has 1 saturated heterocycles. The van der Waals surface area contributed by atoms with Crippen molar-refractivity contribution in [3.63, 3.8) is 0 Å². The monoisotopic (exact) mass is 375 g/mol. The first kappa shape index (κ1) is 18.2. The highest BCUT2D eigenvalue weighted by molar-refractivity contribution is 5.59. The molecule has 0 N–H and O–H groups in total. The Balaban J connectivity index is 1.50. The maximum Gasteiger partial charge on any atom is 0.251 e. The summed E-state index contributed by atoms with van der Waals surface area (Å²) in [5.74, 6) is 2.54. The van der Waals surface area contributed by atoms with Crippen LogP contribution >= 0.6 is 0 Å². The van der Waals surface area contributed by atoms with Crippen molar-refractivity contribution < 1.29 is 0 Å². The van der Waals surface area contributed by atoms with Gasteiger partial charge in [0.25, 0.3) is 5.95 Å². The summed E-state index contributed by atoms with van der Waals surface area (Å²) in [4.78, 5) is 15.9. The van der Waals surface area contributed by atoms with E-state index in [4.69, 9.17) is 4.98 Å². The number of hydrogen-bond acceptors (Lipinski definition) is 7. The average molecular weight is 375 g/mol. The van der Waals surface area contributed by atoms with Crippen LogP contribution in [0.15, 0.2) is 54.9 Å². The van der Waals surface area contributed by atoms with Crippen molar-refractivity contribution in [1.29, 1.82) is 0 Å². The molecule has 4 rings (SSSR count). The molecule has 28 heavy (non-hydrogen) atoms. The number of pyridine rings is 1. The lowest BCUT2D eigenvalue weighted by Gasteiger charge is -2.36. The molecule has 1 fully saturated rings. The maximum atomic E-state index is 4.82. The number of aromatic nitrogens is 4. The SMILES string of the molecule is CCN(c1cccc(C)c1)c1nncc(N2CCN(c3ccccn3)CC2)n1. The van der Waals surface area contributed by atoms with Crippen LogP contribution in [0.4, 0.5) is 23.3 Å². The van der Waals surface area contributed by atoms with Gasteiger partial charge in [0.1, 0.15) is 5.82 Å². The predicted octanol–water partition coefficient (Wildman–Crippen LogP) is 3.06. The first-order valence-electron chi connectivity index (χ1n) is 9.69. The van der Waals surface area contributed by atoms with Crippen molar-refractivity contribution in [2.45, 2.75) is 13.8 Å². The number of anilines is 4. The number of hydrogen-bond donors (Lipinski definition) is 0. The molecule has 0 atom stereocenters. The van der Waals surface area contributed by atoms with Gasteiger partial charge in [0.15, 0.2) is 5.82 Å². The Labute approximate surface area is 165 Å². The molecule has 0 radical (unpaired) electrons. The van der Waals surface area contributed by atoms with Crippen molar-refractivity contribution >= 4 is 23.3 Å². The zero-order valence-electron chi connectivity index (χ0n) is 16.4. The van der Waals surface area contributed by atoms with Crippen molar-refractivity contribution in [3.05, 3.63) is 60.4 Å². The highest BCUT2D eigenvalue weighted by Crippen LogP contribution is 2.24. The van der Waals surface area contributed by atoms with Crippen LogP contribution in [-0.2, 0) is 0 Å². The van der Waals surface area contributed by atoms with Crippen LogP contribution in [0.3, 0.4) is 0 Å². The molecule has 0 saturated carbocycles. The molecule has 0 aliphatic carbocycles. The van der Waals surface area contributed by atoms with Crippen LogP contribution in [0.5, 0.6) is 0 Å². The van der Waals surface area contributed by atoms with E-state index in [2.05, 4.69) is 74.1 Å². The quantitative estimate of drug-likeness (QED) is 0.679. The Morgan fingerprint density at radius 3 is 2.43 bits per heavy atom. The fourth-order valence-electron chi connectivity index (χ4n) is 3.49. The van der Waals surface area contributed by atoms with Crippen molar-refractivity contribution in [3.8, 4) is 0 Å². The Hall–Kier alpha value is -3.22. The summed E-state index contributed by atoms with van der Waals surface area (Å²) < 4.78 is 0. The minimum absolute atomic E-state index is 0.637. The lowest BCUT2D eigenvalue weighted by atomic mass is 10.2. The number of nitrogens with zero attached hydrogens (tertiary/aromatic N) is 7. The van der Waals surface area contributed by atoms with Gasteiger partial charge in [-0.15, -0.1) is 5.10 Å². The average Bonchev–Trinajstić information content (AvgIpc) is 2.75. The molecule has 1 aliphatic rings. The van der Waals surface area contributed by atoms with E-state index in [0.717, 1.165) is 50.0 Å². The van der Waals surface area contributed by atoms with Crippen LogP contribution in [0, 0.1) is 6.92 Å². The number of piperazine rings is 1. The summed E-state index contributed by atoms with van der Waals surface area (Å²) in [5.41, 5.74) is 2.30. The summed E-state index contributed by atoms with van der Waals surface area (Å²) in [5, 5.41) is 8.52. The first-order chi connectivity index (χ1) is 13.7. The Kier molecular flexibility index (Phi) is 5.32. The van der Waals surface area contributed by atoms with Crippen LogP contribution in [0.25, 0.3) is 0 Å². The van der Waals surface area contributed by atoms with E-state index in [1.807, 2.05) is 18.3 Å². The zero-order valence-corrected chi connectivity index (χ0v) is 16.4.